The molecule has 7 heteroatoms. The molecule has 21 heavy (non-hydrogen) atoms. The van der Waals surface area contributed by atoms with Crippen LogP contribution in [0.25, 0.3) is 22.1 Å². The number of nitrogens with zero attached hydrogens (tertiary/aromatic N) is 1. The highest BCUT2D eigenvalue weighted by atomic mass is 79.9. The number of hydrogen-bond donors (Lipinski definition) is 1. The number of carbonyl (C=O) groups is 1. The second kappa shape index (κ2) is 5.63. The van der Waals surface area contributed by atoms with Crippen molar-refractivity contribution >= 4 is 44.8 Å². The van der Waals surface area contributed by atoms with Crippen LogP contribution in [0.3, 0.4) is 0 Å². The fourth-order valence-corrected chi connectivity index (χ4v) is 3.36. The van der Waals surface area contributed by atoms with Crippen LogP contribution in [0.15, 0.2) is 44.6 Å². The van der Waals surface area contributed by atoms with Crippen molar-refractivity contribution in [3.8, 4) is 22.1 Å². The topological polar surface area (TPSA) is 63.3 Å². The molecule has 4 nitrogen and oxygen atoms in total. The Morgan fingerprint density at radius 2 is 2.19 bits per heavy atom. The smallest absolute Gasteiger partial charge is 0.358 e. The molecule has 106 valence electrons. The highest BCUT2D eigenvalue weighted by Gasteiger charge is 2.22. The second-order valence-corrected chi connectivity index (χ2v) is 6.44. The van der Waals surface area contributed by atoms with Crippen LogP contribution in [0.1, 0.15) is 10.5 Å². The van der Waals surface area contributed by atoms with E-state index in [0.717, 1.165) is 9.35 Å². The number of hydrogen-bond acceptors (Lipinski definition) is 4. The molecule has 0 atom stereocenters. The van der Waals surface area contributed by atoms with E-state index in [4.69, 9.17) is 16.0 Å². The molecule has 0 aliphatic heterocycles. The van der Waals surface area contributed by atoms with E-state index >= 15 is 0 Å². The number of aromatic carboxylic acids is 1. The summed E-state index contributed by atoms with van der Waals surface area (Å²) in [6.45, 7) is 0. The van der Waals surface area contributed by atoms with Crippen LogP contribution >= 0.6 is 38.9 Å². The van der Waals surface area contributed by atoms with Gasteiger partial charge in [-0.3, -0.25) is 0 Å². The summed E-state index contributed by atoms with van der Waals surface area (Å²) in [4.78, 5) is 16.2. The summed E-state index contributed by atoms with van der Waals surface area (Å²) >= 11 is 10.8. The maximum Gasteiger partial charge on any atom is 0.358 e. The third-order valence-electron chi connectivity index (χ3n) is 2.69. The van der Waals surface area contributed by atoms with Crippen LogP contribution in [0.5, 0.6) is 0 Å². The van der Waals surface area contributed by atoms with Gasteiger partial charge in [0.15, 0.2) is 11.5 Å². The molecule has 2 heterocycles. The summed E-state index contributed by atoms with van der Waals surface area (Å²) in [5.41, 5.74) is 0.426. The first-order valence-corrected chi connectivity index (χ1v) is 7.84. The first-order chi connectivity index (χ1) is 10.0. The Labute approximate surface area is 137 Å². The first kappa shape index (κ1) is 14.3. The minimum Gasteiger partial charge on any atom is -0.476 e. The minimum absolute atomic E-state index is 0.132. The van der Waals surface area contributed by atoms with Gasteiger partial charge in [-0.25, -0.2) is 9.78 Å². The summed E-state index contributed by atoms with van der Waals surface area (Å²) in [5, 5.41) is 11.7. The molecule has 0 bridgehead atoms. The van der Waals surface area contributed by atoms with E-state index < -0.39 is 5.97 Å². The zero-order valence-corrected chi connectivity index (χ0v) is 13.5. The molecule has 0 aliphatic carbocycles. The van der Waals surface area contributed by atoms with Gasteiger partial charge in [0.1, 0.15) is 0 Å². The quantitative estimate of drug-likeness (QED) is 0.675. The Hall–Kier alpha value is -1.63. The third-order valence-corrected chi connectivity index (χ3v) is 4.22. The van der Waals surface area contributed by atoms with Gasteiger partial charge in [0.25, 0.3) is 0 Å². The van der Waals surface area contributed by atoms with Crippen molar-refractivity contribution in [1.29, 1.82) is 0 Å². The first-order valence-electron chi connectivity index (χ1n) is 5.79. The molecule has 0 fully saturated rings. The third kappa shape index (κ3) is 2.88. The van der Waals surface area contributed by atoms with E-state index in [1.807, 2.05) is 17.5 Å². The van der Waals surface area contributed by atoms with E-state index in [-0.39, 0.29) is 17.3 Å². The highest BCUT2D eigenvalue weighted by molar-refractivity contribution is 9.10. The van der Waals surface area contributed by atoms with Crippen molar-refractivity contribution in [2.45, 2.75) is 0 Å². The van der Waals surface area contributed by atoms with Gasteiger partial charge in [0, 0.05) is 15.1 Å². The van der Waals surface area contributed by atoms with Gasteiger partial charge in [-0.05, 0) is 29.6 Å². The van der Waals surface area contributed by atoms with Gasteiger partial charge >= 0.3 is 5.97 Å². The van der Waals surface area contributed by atoms with E-state index in [0.29, 0.717) is 10.6 Å². The number of carboxylic acid groups (broad SMARTS) is 1. The van der Waals surface area contributed by atoms with Crippen LogP contribution in [0.4, 0.5) is 0 Å². The number of thiophene rings is 1. The van der Waals surface area contributed by atoms with Crippen molar-refractivity contribution in [2.75, 3.05) is 0 Å². The number of oxazole rings is 1. The Balaban J connectivity index is 2.19. The van der Waals surface area contributed by atoms with Gasteiger partial charge in [-0.15, -0.1) is 11.3 Å². The lowest BCUT2D eigenvalue weighted by atomic mass is 10.1. The second-order valence-electron chi connectivity index (χ2n) is 4.14. The van der Waals surface area contributed by atoms with Crippen molar-refractivity contribution in [2.24, 2.45) is 0 Å². The lowest BCUT2D eigenvalue weighted by molar-refractivity contribution is 0.0691. The molecule has 3 aromatic rings. The van der Waals surface area contributed by atoms with Crippen molar-refractivity contribution in [3.63, 3.8) is 0 Å². The summed E-state index contributed by atoms with van der Waals surface area (Å²) < 4.78 is 6.39. The van der Waals surface area contributed by atoms with Gasteiger partial charge in [-0.1, -0.05) is 33.6 Å². The Kier molecular flexibility index (Phi) is 3.84. The summed E-state index contributed by atoms with van der Waals surface area (Å²) in [6.07, 6.45) is 0. The largest absolute Gasteiger partial charge is 0.476 e. The van der Waals surface area contributed by atoms with Crippen molar-refractivity contribution in [3.05, 3.63) is 50.9 Å². The number of carboxylic acids is 1. The van der Waals surface area contributed by atoms with Gasteiger partial charge in [0.05, 0.1) is 4.88 Å². The lowest BCUT2D eigenvalue weighted by Gasteiger charge is -2.00. The Morgan fingerprint density at radius 1 is 1.38 bits per heavy atom. The van der Waals surface area contributed by atoms with Crippen LogP contribution in [-0.2, 0) is 0 Å². The van der Waals surface area contributed by atoms with Crippen LogP contribution in [-0.4, -0.2) is 16.1 Å². The van der Waals surface area contributed by atoms with E-state index in [1.165, 1.54) is 11.3 Å². The molecule has 0 spiro atoms. The Morgan fingerprint density at radius 3 is 2.81 bits per heavy atom. The van der Waals surface area contributed by atoms with Gasteiger partial charge in [-0.2, -0.15) is 0 Å². The molecular formula is C14H7BrClNO3S. The summed E-state index contributed by atoms with van der Waals surface area (Å²) in [5.74, 6) is -0.671. The standard InChI is InChI=1S/C14H7BrClNO3S/c15-8-4-7(5-9(16)6-8)12-11(14(18)19)17-13(20-12)10-2-1-3-21-10/h1-6H,(H,18,19). The SMILES string of the molecule is O=C(O)c1nc(-c2cccs2)oc1-c1cc(Cl)cc(Br)c1. The zero-order chi connectivity index (χ0) is 15.0. The molecule has 3 rings (SSSR count). The number of halogens is 2. The Bertz CT molecular complexity index is 793. The lowest BCUT2D eigenvalue weighted by Crippen LogP contribution is -1.98. The number of benzene rings is 1. The van der Waals surface area contributed by atoms with Crippen LogP contribution < -0.4 is 0 Å². The highest BCUT2D eigenvalue weighted by Crippen LogP contribution is 2.34. The molecule has 0 saturated heterocycles. The van der Waals surface area contributed by atoms with Crippen molar-refractivity contribution in [1.82, 2.24) is 4.98 Å². The minimum atomic E-state index is -1.15. The van der Waals surface area contributed by atoms with Gasteiger partial charge < -0.3 is 9.52 Å². The fraction of sp³-hybridized carbons (Fsp3) is 0. The molecule has 0 unspecified atom stereocenters. The number of rotatable bonds is 3. The molecule has 1 N–H and O–H groups in total. The maximum absolute atomic E-state index is 11.4. The number of aromatic nitrogens is 1. The maximum atomic E-state index is 11.4. The zero-order valence-electron chi connectivity index (χ0n) is 10.3. The average molecular weight is 385 g/mol. The monoisotopic (exact) mass is 383 g/mol. The predicted molar refractivity (Wildman–Crippen MR) is 84.9 cm³/mol. The molecule has 0 aliphatic rings. The molecule has 1 aromatic carbocycles. The average Bonchev–Trinajstić information content (AvgIpc) is 3.06. The fourth-order valence-electron chi connectivity index (χ4n) is 1.85. The van der Waals surface area contributed by atoms with Crippen LogP contribution in [0.2, 0.25) is 5.02 Å². The molecule has 2 aromatic heterocycles. The normalized spacial score (nSPS) is 10.8. The van der Waals surface area contributed by atoms with E-state index in [9.17, 15) is 9.90 Å². The summed E-state index contributed by atoms with van der Waals surface area (Å²) in [6, 6.07) is 8.75. The molecular weight excluding hydrogens is 378 g/mol. The van der Waals surface area contributed by atoms with E-state index in [2.05, 4.69) is 20.9 Å². The van der Waals surface area contributed by atoms with Crippen LogP contribution in [0, 0.1) is 0 Å². The van der Waals surface area contributed by atoms with Gasteiger partial charge in [0.2, 0.25) is 5.89 Å². The predicted octanol–water partition coefficient (Wildman–Crippen LogP) is 5.18. The molecule has 0 saturated carbocycles. The van der Waals surface area contributed by atoms with Crippen molar-refractivity contribution < 1.29 is 14.3 Å². The molecule has 0 radical (unpaired) electrons. The van der Waals surface area contributed by atoms with E-state index in [1.54, 1.807) is 18.2 Å². The molecule has 0 amide bonds. The summed E-state index contributed by atoms with van der Waals surface area (Å²) in [7, 11) is 0.